The number of carbonyl (C=O) groups is 2. The maximum absolute atomic E-state index is 14.0. The van der Waals surface area contributed by atoms with Gasteiger partial charge < -0.3 is 19.8 Å². The van der Waals surface area contributed by atoms with Crippen LogP contribution in [0.2, 0.25) is 0 Å². The molecule has 0 unspecified atom stereocenters. The van der Waals surface area contributed by atoms with E-state index in [0.717, 1.165) is 12.1 Å². The van der Waals surface area contributed by atoms with Crippen molar-refractivity contribution in [3.8, 4) is 28.2 Å². The minimum absolute atomic E-state index is 0.00427. The van der Waals surface area contributed by atoms with E-state index in [0.29, 0.717) is 6.42 Å². The summed E-state index contributed by atoms with van der Waals surface area (Å²) in [5, 5.41) is 4.66. The molecule has 240 valence electrons. The number of nitrogens with one attached hydrogen (secondary N) is 2. The van der Waals surface area contributed by atoms with Crippen molar-refractivity contribution in [1.29, 1.82) is 0 Å². The van der Waals surface area contributed by atoms with Crippen LogP contribution in [0.1, 0.15) is 54.3 Å². The number of ketones is 1. The maximum Gasteiger partial charge on any atom is 0.455 e. The van der Waals surface area contributed by atoms with Crippen molar-refractivity contribution >= 4 is 28.6 Å². The van der Waals surface area contributed by atoms with E-state index in [1.54, 1.807) is 0 Å². The van der Waals surface area contributed by atoms with Gasteiger partial charge in [-0.2, -0.15) is 26.9 Å². The van der Waals surface area contributed by atoms with E-state index in [9.17, 15) is 35.9 Å². The summed E-state index contributed by atoms with van der Waals surface area (Å²) in [5.74, 6) is -6.80. The van der Waals surface area contributed by atoms with Crippen LogP contribution in [0.5, 0.6) is 5.75 Å². The zero-order valence-corrected chi connectivity index (χ0v) is 25.1. The predicted octanol–water partition coefficient (Wildman–Crippen LogP) is 8.29. The maximum atomic E-state index is 14.0. The van der Waals surface area contributed by atoms with E-state index < -0.39 is 36.2 Å². The van der Waals surface area contributed by atoms with Crippen LogP contribution in [0, 0.1) is 11.2 Å². The Hall–Kier alpha value is -4.55. The Bertz CT molecular complexity index is 1720. The molecule has 1 amide bonds. The van der Waals surface area contributed by atoms with Crippen LogP contribution in [0.4, 0.5) is 32.2 Å². The molecule has 45 heavy (non-hydrogen) atoms. The molecule has 0 spiro atoms. The van der Waals surface area contributed by atoms with Crippen LogP contribution >= 0.6 is 0 Å². The van der Waals surface area contributed by atoms with E-state index in [1.807, 2.05) is 20.8 Å². The number of nitrogens with zero attached hydrogens (tertiary/aromatic N) is 1. The second kappa shape index (κ2) is 12.4. The molecule has 2 N–H and O–H groups in total. The lowest BCUT2D eigenvalue weighted by Crippen LogP contribution is -2.42. The molecule has 0 fully saturated rings. The Kier molecular flexibility index (Phi) is 9.22. The van der Waals surface area contributed by atoms with Crippen molar-refractivity contribution in [3.05, 3.63) is 65.5 Å². The summed E-state index contributed by atoms with van der Waals surface area (Å²) in [6.07, 6.45) is -5.14. The number of aromatic nitrogens is 1. The molecule has 0 saturated carbocycles. The third kappa shape index (κ3) is 7.23. The van der Waals surface area contributed by atoms with Gasteiger partial charge in [-0.25, -0.2) is 4.39 Å². The number of carbonyl (C=O) groups excluding carboxylic acids is 2. The Morgan fingerprint density at radius 3 is 2.18 bits per heavy atom. The van der Waals surface area contributed by atoms with Crippen LogP contribution in [-0.2, 0) is 0 Å². The number of hydrogen-bond donors (Lipinski definition) is 2. The van der Waals surface area contributed by atoms with E-state index in [-0.39, 0.29) is 68.0 Å². The summed E-state index contributed by atoms with van der Waals surface area (Å²) in [7, 11) is 2.73. The van der Waals surface area contributed by atoms with Crippen LogP contribution < -0.4 is 15.4 Å². The largest absolute Gasteiger partial charge is 0.496 e. The van der Waals surface area contributed by atoms with Gasteiger partial charge in [0.1, 0.15) is 23.1 Å². The standard InChI is InChI=1S/C32H31F6N3O4/c1-30(2,3)13-12-23(42)21-14-18(8-11-24(21)44-5)20-15-22-25(28(43)39-4)26(17-6-9-19(33)10-7-17)45-29(22)41-27(20)40-16-31(34,35)32(36,37)38/h6-11,14-15H,12-13,16H2,1-5H3,(H,39,43)(H,40,41). The number of furan rings is 1. The quantitative estimate of drug-likeness (QED) is 0.135. The van der Waals surface area contributed by atoms with E-state index in [4.69, 9.17) is 9.15 Å². The molecule has 0 aliphatic carbocycles. The van der Waals surface area contributed by atoms with Gasteiger partial charge in [0.15, 0.2) is 5.78 Å². The molecule has 0 aliphatic rings. The molecule has 0 aliphatic heterocycles. The topological polar surface area (TPSA) is 93.5 Å². The molecular weight excluding hydrogens is 604 g/mol. The average molecular weight is 636 g/mol. The van der Waals surface area contributed by atoms with E-state index in [1.165, 1.54) is 50.6 Å². The van der Waals surface area contributed by atoms with Gasteiger partial charge in [-0.3, -0.25) is 9.59 Å². The summed E-state index contributed by atoms with van der Waals surface area (Å²) < 4.78 is 92.0. The van der Waals surface area contributed by atoms with Crippen molar-refractivity contribution in [2.24, 2.45) is 5.41 Å². The number of halogens is 6. The Morgan fingerprint density at radius 2 is 1.60 bits per heavy atom. The first kappa shape index (κ1) is 33.3. The number of Topliss-reactive ketones (excluding diaryl/α,β-unsaturated/α-hetero) is 1. The van der Waals surface area contributed by atoms with Gasteiger partial charge in [-0.15, -0.1) is 0 Å². The fraction of sp³-hybridized carbons (Fsp3) is 0.344. The zero-order valence-electron chi connectivity index (χ0n) is 25.1. The van der Waals surface area contributed by atoms with Crippen LogP contribution in [0.15, 0.2) is 52.9 Å². The highest BCUT2D eigenvalue weighted by molar-refractivity contribution is 6.11. The molecule has 2 aromatic heterocycles. The highest BCUT2D eigenvalue weighted by atomic mass is 19.4. The number of benzene rings is 2. The number of methoxy groups -OCH3 is 1. The lowest BCUT2D eigenvalue weighted by atomic mass is 9.88. The Balaban J connectivity index is 1.95. The molecule has 0 radical (unpaired) electrons. The van der Waals surface area contributed by atoms with Gasteiger partial charge in [0.05, 0.1) is 30.2 Å². The third-order valence-electron chi connectivity index (χ3n) is 7.05. The highest BCUT2D eigenvalue weighted by Crippen LogP contribution is 2.41. The first-order chi connectivity index (χ1) is 21.0. The van der Waals surface area contributed by atoms with Crippen LogP contribution in [0.25, 0.3) is 33.6 Å². The van der Waals surface area contributed by atoms with Gasteiger partial charge in [-0.1, -0.05) is 26.8 Å². The highest BCUT2D eigenvalue weighted by Gasteiger charge is 2.57. The summed E-state index contributed by atoms with van der Waals surface area (Å²) >= 11 is 0. The number of anilines is 1. The summed E-state index contributed by atoms with van der Waals surface area (Å²) in [6, 6.07) is 10.7. The normalized spacial score (nSPS) is 12.3. The molecule has 0 atom stereocenters. The van der Waals surface area contributed by atoms with Crippen LogP contribution in [-0.4, -0.2) is 49.5 Å². The third-order valence-corrected chi connectivity index (χ3v) is 7.05. The van der Waals surface area contributed by atoms with Gasteiger partial charge in [0, 0.05) is 24.6 Å². The fourth-order valence-corrected chi connectivity index (χ4v) is 4.54. The Morgan fingerprint density at radius 1 is 0.956 bits per heavy atom. The van der Waals surface area contributed by atoms with Crippen LogP contribution in [0.3, 0.4) is 0 Å². The smallest absolute Gasteiger partial charge is 0.455 e. The molecule has 0 bridgehead atoms. The number of amides is 1. The van der Waals surface area contributed by atoms with E-state index in [2.05, 4.69) is 15.6 Å². The summed E-state index contributed by atoms with van der Waals surface area (Å²) in [4.78, 5) is 30.5. The van der Waals surface area contributed by atoms with Gasteiger partial charge in [0.2, 0.25) is 5.71 Å². The molecule has 2 heterocycles. The van der Waals surface area contributed by atoms with E-state index >= 15 is 0 Å². The summed E-state index contributed by atoms with van der Waals surface area (Å²) in [5.41, 5.74) is 0.217. The molecule has 13 heteroatoms. The first-order valence-electron chi connectivity index (χ1n) is 13.8. The number of ether oxygens (including phenoxy) is 1. The van der Waals surface area contributed by atoms with Crippen molar-refractivity contribution in [1.82, 2.24) is 10.3 Å². The number of fused-ring (bicyclic) bond motifs is 1. The Labute approximate surface area is 255 Å². The summed E-state index contributed by atoms with van der Waals surface area (Å²) in [6.45, 7) is 4.05. The minimum Gasteiger partial charge on any atom is -0.496 e. The number of rotatable bonds is 10. The second-order valence-electron chi connectivity index (χ2n) is 11.6. The average Bonchev–Trinajstić information content (AvgIpc) is 3.35. The van der Waals surface area contributed by atoms with Crippen molar-refractivity contribution in [3.63, 3.8) is 0 Å². The van der Waals surface area contributed by atoms with Crippen molar-refractivity contribution in [2.45, 2.75) is 45.7 Å². The van der Waals surface area contributed by atoms with Crippen molar-refractivity contribution in [2.75, 3.05) is 26.0 Å². The lowest BCUT2D eigenvalue weighted by molar-refractivity contribution is -0.275. The zero-order chi connectivity index (χ0) is 33.3. The number of hydrogen-bond acceptors (Lipinski definition) is 6. The molecular formula is C32H31F6N3O4. The molecule has 2 aromatic carbocycles. The second-order valence-corrected chi connectivity index (χ2v) is 11.6. The van der Waals surface area contributed by atoms with Gasteiger partial charge >= 0.3 is 12.1 Å². The SMILES string of the molecule is CNC(=O)c1c(-c2ccc(F)cc2)oc2nc(NCC(F)(F)C(F)(F)F)c(-c3ccc(OC)c(C(=O)CCC(C)(C)C)c3)cc12. The monoisotopic (exact) mass is 635 g/mol. The number of pyridine rings is 1. The fourth-order valence-electron chi connectivity index (χ4n) is 4.54. The van der Waals surface area contributed by atoms with Gasteiger partial charge in [-0.05, 0) is 59.9 Å². The molecule has 0 saturated heterocycles. The molecule has 4 aromatic rings. The minimum atomic E-state index is -5.84. The lowest BCUT2D eigenvalue weighted by Gasteiger charge is -2.21. The number of alkyl halides is 5. The molecule has 7 nitrogen and oxygen atoms in total. The van der Waals surface area contributed by atoms with Crippen molar-refractivity contribution < 1.29 is 45.1 Å². The predicted molar refractivity (Wildman–Crippen MR) is 157 cm³/mol. The van der Waals surface area contributed by atoms with Gasteiger partial charge in [0.25, 0.3) is 5.91 Å². The first-order valence-corrected chi connectivity index (χ1v) is 13.8. The molecule has 4 rings (SSSR count).